The Morgan fingerprint density at radius 3 is 1.56 bits per heavy atom. The normalized spacial score (nSPS) is 11.6. The first-order valence-corrected chi connectivity index (χ1v) is 16.7. The minimum Gasteiger partial charge on any atom is -0.456 e. The van der Waals surface area contributed by atoms with Crippen LogP contribution in [0.5, 0.6) is 0 Å². The van der Waals surface area contributed by atoms with Gasteiger partial charge in [-0.3, -0.25) is 0 Å². The highest BCUT2D eigenvalue weighted by Gasteiger charge is 2.17. The first-order valence-electron chi connectivity index (χ1n) is 16.7. The fraction of sp³-hybridized carbons (Fsp3) is 0. The smallest absolute Gasteiger partial charge is 0.164 e. The van der Waals surface area contributed by atoms with Crippen LogP contribution in [0.2, 0.25) is 0 Å². The third kappa shape index (κ3) is 4.67. The predicted molar refractivity (Wildman–Crippen MR) is 203 cm³/mol. The van der Waals surface area contributed by atoms with Gasteiger partial charge < -0.3 is 8.98 Å². The van der Waals surface area contributed by atoms with Crippen molar-refractivity contribution in [2.24, 2.45) is 0 Å². The molecule has 0 bridgehead atoms. The van der Waals surface area contributed by atoms with E-state index in [9.17, 15) is 0 Å². The lowest BCUT2D eigenvalue weighted by atomic mass is 10.0. The number of hydrogen-bond acceptors (Lipinski definition) is 4. The second kappa shape index (κ2) is 11.4. The van der Waals surface area contributed by atoms with Crippen molar-refractivity contribution in [2.45, 2.75) is 0 Å². The highest BCUT2D eigenvalue weighted by atomic mass is 16.3. The summed E-state index contributed by atoms with van der Waals surface area (Å²) in [6.07, 6.45) is 0. The summed E-state index contributed by atoms with van der Waals surface area (Å²) in [5.41, 5.74) is 9.99. The summed E-state index contributed by atoms with van der Waals surface area (Å²) in [4.78, 5) is 15.2. The van der Waals surface area contributed by atoms with Crippen LogP contribution in [0, 0.1) is 0 Å². The number of hydrogen-bond donors (Lipinski definition) is 0. The largest absolute Gasteiger partial charge is 0.456 e. The van der Waals surface area contributed by atoms with E-state index in [0.717, 1.165) is 66.5 Å². The highest BCUT2D eigenvalue weighted by molar-refractivity contribution is 6.09. The van der Waals surface area contributed by atoms with Crippen LogP contribution >= 0.6 is 0 Å². The molecule has 0 unspecified atom stereocenters. The molecule has 0 atom stereocenters. The maximum Gasteiger partial charge on any atom is 0.164 e. The number of fused-ring (bicyclic) bond motifs is 6. The predicted octanol–water partition coefficient (Wildman–Crippen LogP) is 11.5. The van der Waals surface area contributed by atoms with Crippen LogP contribution in [0.25, 0.3) is 94.7 Å². The Hall–Kier alpha value is -6.85. The Morgan fingerprint density at radius 2 is 0.840 bits per heavy atom. The zero-order valence-corrected chi connectivity index (χ0v) is 26.9. The van der Waals surface area contributed by atoms with Gasteiger partial charge in [-0.2, -0.15) is 0 Å². The van der Waals surface area contributed by atoms with Crippen LogP contribution in [-0.4, -0.2) is 19.5 Å². The second-order valence-electron chi connectivity index (χ2n) is 12.5. The summed E-state index contributed by atoms with van der Waals surface area (Å²) in [7, 11) is 0. The summed E-state index contributed by atoms with van der Waals surface area (Å²) in [6.45, 7) is 0. The average Bonchev–Trinajstić information content (AvgIpc) is 3.74. The Labute approximate surface area is 287 Å². The van der Waals surface area contributed by atoms with Gasteiger partial charge in [-0.1, -0.05) is 127 Å². The van der Waals surface area contributed by atoms with Gasteiger partial charge in [-0.15, -0.1) is 0 Å². The van der Waals surface area contributed by atoms with Crippen LogP contribution < -0.4 is 0 Å². The van der Waals surface area contributed by atoms with Crippen molar-refractivity contribution >= 4 is 43.7 Å². The molecule has 5 heteroatoms. The molecule has 0 radical (unpaired) electrons. The fourth-order valence-corrected chi connectivity index (χ4v) is 7.06. The molecular formula is C45H28N4O. The van der Waals surface area contributed by atoms with Gasteiger partial charge in [0, 0.05) is 43.9 Å². The molecule has 0 aliphatic heterocycles. The van der Waals surface area contributed by atoms with Crippen molar-refractivity contribution in [3.63, 3.8) is 0 Å². The topological polar surface area (TPSA) is 56.7 Å². The van der Waals surface area contributed by atoms with Crippen LogP contribution in [0.3, 0.4) is 0 Å². The first-order chi connectivity index (χ1) is 24.8. The molecule has 0 amide bonds. The maximum atomic E-state index is 6.25. The number of rotatable bonds is 5. The van der Waals surface area contributed by atoms with Crippen molar-refractivity contribution < 1.29 is 4.42 Å². The zero-order valence-electron chi connectivity index (χ0n) is 26.9. The van der Waals surface area contributed by atoms with Gasteiger partial charge in [0.15, 0.2) is 17.5 Å². The molecule has 0 aliphatic carbocycles. The molecule has 50 heavy (non-hydrogen) atoms. The standard InChI is InChI=1S/C45H28N4O/c1-2-11-29(12-3-1)30-21-23-31(24-22-30)43-46-44(48-45(47-43)33-25-26-38-37-17-6-9-20-41(37)50-42(38)28-33)32-13-10-14-34(27-32)49-39-18-7-4-15-35(39)36-16-5-8-19-40(36)49/h1-28H. The van der Waals surface area contributed by atoms with Gasteiger partial charge in [0.1, 0.15) is 11.2 Å². The summed E-state index contributed by atoms with van der Waals surface area (Å²) in [6, 6.07) is 58.7. The summed E-state index contributed by atoms with van der Waals surface area (Å²) >= 11 is 0. The molecule has 0 saturated carbocycles. The number of nitrogens with zero attached hydrogens (tertiary/aromatic N) is 4. The van der Waals surface area contributed by atoms with Crippen LogP contribution in [0.1, 0.15) is 0 Å². The molecule has 10 aromatic rings. The van der Waals surface area contributed by atoms with E-state index in [2.05, 4.69) is 144 Å². The van der Waals surface area contributed by atoms with Crippen molar-refractivity contribution in [1.29, 1.82) is 0 Å². The summed E-state index contributed by atoms with van der Waals surface area (Å²) < 4.78 is 8.57. The Morgan fingerprint density at radius 1 is 0.340 bits per heavy atom. The minimum atomic E-state index is 0.585. The van der Waals surface area contributed by atoms with Crippen LogP contribution in [0.15, 0.2) is 174 Å². The van der Waals surface area contributed by atoms with Gasteiger partial charge >= 0.3 is 0 Å². The third-order valence-corrected chi connectivity index (χ3v) is 9.47. The number of para-hydroxylation sites is 3. The van der Waals surface area contributed by atoms with E-state index in [0.29, 0.717) is 17.5 Å². The monoisotopic (exact) mass is 640 g/mol. The average molecular weight is 641 g/mol. The zero-order chi connectivity index (χ0) is 33.0. The van der Waals surface area contributed by atoms with Gasteiger partial charge in [0.2, 0.25) is 0 Å². The second-order valence-corrected chi connectivity index (χ2v) is 12.5. The maximum absolute atomic E-state index is 6.25. The molecule has 7 aromatic carbocycles. The third-order valence-electron chi connectivity index (χ3n) is 9.47. The van der Waals surface area contributed by atoms with Crippen molar-refractivity contribution in [3.05, 3.63) is 170 Å². The van der Waals surface area contributed by atoms with E-state index in [-0.39, 0.29) is 0 Å². The molecule has 3 heterocycles. The molecule has 0 spiro atoms. The molecule has 5 nitrogen and oxygen atoms in total. The van der Waals surface area contributed by atoms with Crippen molar-refractivity contribution in [1.82, 2.24) is 19.5 Å². The van der Waals surface area contributed by atoms with E-state index in [4.69, 9.17) is 19.4 Å². The van der Waals surface area contributed by atoms with Crippen molar-refractivity contribution in [3.8, 4) is 51.0 Å². The Bertz CT molecular complexity index is 2810. The minimum absolute atomic E-state index is 0.585. The van der Waals surface area contributed by atoms with Gasteiger partial charge in [-0.05, 0) is 53.6 Å². The quantitative estimate of drug-likeness (QED) is 0.188. The lowest BCUT2D eigenvalue weighted by Gasteiger charge is -2.12. The summed E-state index contributed by atoms with van der Waals surface area (Å²) in [5.74, 6) is 1.79. The van der Waals surface area contributed by atoms with E-state index < -0.39 is 0 Å². The number of benzene rings is 7. The van der Waals surface area contributed by atoms with Crippen LogP contribution in [-0.2, 0) is 0 Å². The molecule has 0 aliphatic rings. The SMILES string of the molecule is c1ccc(-c2ccc(-c3nc(-c4cccc(-n5c6ccccc6c6ccccc65)c4)nc(-c4ccc5c(c4)oc4ccccc45)n3)cc2)cc1. The Kier molecular flexibility index (Phi) is 6.42. The van der Waals surface area contributed by atoms with Crippen molar-refractivity contribution in [2.75, 3.05) is 0 Å². The Balaban J connectivity index is 1.14. The van der Waals surface area contributed by atoms with E-state index in [1.165, 1.54) is 10.8 Å². The number of aromatic nitrogens is 4. The van der Waals surface area contributed by atoms with E-state index in [1.807, 2.05) is 30.3 Å². The lowest BCUT2D eigenvalue weighted by molar-refractivity contribution is 0.669. The number of furan rings is 1. The molecular weight excluding hydrogens is 613 g/mol. The van der Waals surface area contributed by atoms with Gasteiger partial charge in [0.25, 0.3) is 0 Å². The van der Waals surface area contributed by atoms with Gasteiger partial charge in [-0.25, -0.2) is 15.0 Å². The van der Waals surface area contributed by atoms with E-state index in [1.54, 1.807) is 0 Å². The summed E-state index contributed by atoms with van der Waals surface area (Å²) in [5, 5.41) is 4.59. The first kappa shape index (κ1) is 28.2. The fourth-order valence-electron chi connectivity index (χ4n) is 7.06. The molecule has 10 rings (SSSR count). The van der Waals surface area contributed by atoms with Crippen LogP contribution in [0.4, 0.5) is 0 Å². The highest BCUT2D eigenvalue weighted by Crippen LogP contribution is 2.35. The molecule has 234 valence electrons. The molecule has 3 aromatic heterocycles. The van der Waals surface area contributed by atoms with Gasteiger partial charge in [0.05, 0.1) is 11.0 Å². The molecule has 0 N–H and O–H groups in total. The lowest BCUT2D eigenvalue weighted by Crippen LogP contribution is -2.01. The molecule has 0 saturated heterocycles. The van der Waals surface area contributed by atoms with E-state index >= 15 is 0 Å². The molecule has 0 fully saturated rings.